The highest BCUT2D eigenvalue weighted by Crippen LogP contribution is 2.53. The maximum absolute atomic E-state index is 6.40. The Hall–Kier alpha value is -1.80. The number of benzene rings is 3. The molecule has 0 amide bonds. The Kier molecular flexibility index (Phi) is 4.92. The molecule has 0 bridgehead atoms. The number of piperidine rings is 1. The van der Waals surface area contributed by atoms with Gasteiger partial charge < -0.3 is 0 Å². The fourth-order valence-corrected chi connectivity index (χ4v) is 5.54. The molecule has 1 nitrogen and oxygen atoms in total. The Morgan fingerprint density at radius 3 is 2.36 bits per heavy atom. The van der Waals surface area contributed by atoms with Crippen LogP contribution < -0.4 is 0 Å². The van der Waals surface area contributed by atoms with E-state index in [0.717, 1.165) is 29.7 Å². The normalized spacial score (nSPS) is 24.0. The average molecular weight is 408 g/mol. The third-order valence-corrected chi connectivity index (χ3v) is 6.93. The van der Waals surface area contributed by atoms with Crippen molar-refractivity contribution in [3.8, 4) is 0 Å². The second-order valence-corrected chi connectivity index (χ2v) is 8.96. The van der Waals surface area contributed by atoms with Crippen molar-refractivity contribution < 1.29 is 0 Å². The summed E-state index contributed by atoms with van der Waals surface area (Å²) in [5.74, 6) is 1.60. The van der Waals surface area contributed by atoms with Gasteiger partial charge in [0, 0.05) is 35.0 Å². The Morgan fingerprint density at radius 2 is 1.57 bits per heavy atom. The van der Waals surface area contributed by atoms with Crippen molar-refractivity contribution in [3.63, 3.8) is 0 Å². The highest BCUT2D eigenvalue weighted by molar-refractivity contribution is 6.31. The zero-order valence-corrected chi connectivity index (χ0v) is 17.2. The number of likely N-dealkylation sites (tertiary alicyclic amines) is 1. The summed E-state index contributed by atoms with van der Waals surface area (Å²) in [5, 5.41) is 1.62. The van der Waals surface area contributed by atoms with E-state index in [0.29, 0.717) is 17.8 Å². The summed E-state index contributed by atoms with van der Waals surface area (Å²) < 4.78 is 0. The fourth-order valence-electron chi connectivity index (χ4n) is 5.23. The minimum absolute atomic E-state index is 0.412. The van der Waals surface area contributed by atoms with Gasteiger partial charge in [-0.1, -0.05) is 71.7 Å². The minimum Gasteiger partial charge on any atom is -0.298 e. The first-order valence-electron chi connectivity index (χ1n) is 10.00. The summed E-state index contributed by atoms with van der Waals surface area (Å²) in [4.78, 5) is 2.61. The van der Waals surface area contributed by atoms with Gasteiger partial charge in [-0.2, -0.15) is 0 Å². The van der Waals surface area contributed by atoms with Crippen LogP contribution in [0.1, 0.15) is 40.5 Å². The number of fused-ring (bicyclic) bond motifs is 3. The molecule has 1 aliphatic heterocycles. The number of halogens is 2. The van der Waals surface area contributed by atoms with Gasteiger partial charge in [0.1, 0.15) is 0 Å². The van der Waals surface area contributed by atoms with Crippen LogP contribution in [0.25, 0.3) is 0 Å². The lowest BCUT2D eigenvalue weighted by molar-refractivity contribution is 0.154. The Balaban J connectivity index is 1.47. The third-order valence-electron chi connectivity index (χ3n) is 6.44. The van der Waals surface area contributed by atoms with E-state index in [1.165, 1.54) is 28.7 Å². The van der Waals surface area contributed by atoms with E-state index in [-0.39, 0.29) is 0 Å². The topological polar surface area (TPSA) is 3.24 Å². The summed E-state index contributed by atoms with van der Waals surface area (Å²) in [7, 11) is 0. The van der Waals surface area contributed by atoms with Crippen molar-refractivity contribution in [1.82, 2.24) is 4.90 Å². The molecule has 1 aliphatic carbocycles. The molecule has 0 N–H and O–H groups in total. The SMILES string of the molecule is Clc1ccc(C2c3cc(Cl)ccc3C3CN(Cc4ccccc4)CCC32)cc1. The molecule has 5 rings (SSSR count). The van der Waals surface area contributed by atoms with Crippen LogP contribution in [0.15, 0.2) is 72.8 Å². The standard InChI is InChI=1S/C25H23Cl2N/c26-19-8-6-18(7-9-19)25-22-12-13-28(15-17-4-2-1-3-5-17)16-24(22)21-11-10-20(27)14-23(21)25/h1-11,14,22,24-25H,12-13,15-16H2. The minimum atomic E-state index is 0.412. The second kappa shape index (κ2) is 7.55. The smallest absolute Gasteiger partial charge is 0.0409 e. The summed E-state index contributed by atoms with van der Waals surface area (Å²) in [6.45, 7) is 3.28. The van der Waals surface area contributed by atoms with Crippen LogP contribution in [-0.2, 0) is 6.54 Å². The zero-order chi connectivity index (χ0) is 19.1. The van der Waals surface area contributed by atoms with Crippen LogP contribution in [0.3, 0.4) is 0 Å². The van der Waals surface area contributed by atoms with Crippen molar-refractivity contribution >= 4 is 23.2 Å². The quantitative estimate of drug-likeness (QED) is 0.464. The summed E-state index contributed by atoms with van der Waals surface area (Å²) >= 11 is 12.6. The van der Waals surface area contributed by atoms with Crippen LogP contribution in [0.4, 0.5) is 0 Å². The molecule has 3 aromatic carbocycles. The Labute approximate surface area is 176 Å². The van der Waals surface area contributed by atoms with Crippen LogP contribution >= 0.6 is 23.2 Å². The fraction of sp³-hybridized carbons (Fsp3) is 0.280. The van der Waals surface area contributed by atoms with Crippen molar-refractivity contribution in [2.45, 2.75) is 24.8 Å². The molecule has 1 fully saturated rings. The van der Waals surface area contributed by atoms with Crippen molar-refractivity contribution in [1.29, 1.82) is 0 Å². The predicted molar refractivity (Wildman–Crippen MR) is 117 cm³/mol. The van der Waals surface area contributed by atoms with E-state index in [1.807, 2.05) is 12.1 Å². The van der Waals surface area contributed by atoms with Crippen LogP contribution in [0.5, 0.6) is 0 Å². The molecule has 3 unspecified atom stereocenters. The average Bonchev–Trinajstić information content (AvgIpc) is 3.02. The Bertz CT molecular complexity index is 968. The monoisotopic (exact) mass is 407 g/mol. The van der Waals surface area contributed by atoms with E-state index in [4.69, 9.17) is 23.2 Å². The van der Waals surface area contributed by atoms with Gasteiger partial charge in [0.25, 0.3) is 0 Å². The van der Waals surface area contributed by atoms with Gasteiger partial charge in [-0.15, -0.1) is 0 Å². The molecule has 142 valence electrons. The molecule has 0 aromatic heterocycles. The summed E-state index contributed by atoms with van der Waals surface area (Å²) in [6, 6.07) is 25.7. The highest BCUT2D eigenvalue weighted by Gasteiger charge is 2.44. The maximum Gasteiger partial charge on any atom is 0.0409 e. The second-order valence-electron chi connectivity index (χ2n) is 8.08. The van der Waals surface area contributed by atoms with Gasteiger partial charge in [0.15, 0.2) is 0 Å². The van der Waals surface area contributed by atoms with Crippen LogP contribution in [0, 0.1) is 5.92 Å². The van der Waals surface area contributed by atoms with Crippen molar-refractivity contribution in [2.24, 2.45) is 5.92 Å². The summed E-state index contributed by atoms with van der Waals surface area (Å²) in [6.07, 6.45) is 1.21. The third kappa shape index (κ3) is 3.37. The van der Waals surface area contributed by atoms with E-state index < -0.39 is 0 Å². The molecular formula is C25H23Cl2N. The maximum atomic E-state index is 6.40. The van der Waals surface area contributed by atoms with Crippen molar-refractivity contribution in [2.75, 3.05) is 13.1 Å². The number of hydrogen-bond donors (Lipinski definition) is 0. The number of nitrogens with zero attached hydrogens (tertiary/aromatic N) is 1. The van der Waals surface area contributed by atoms with Gasteiger partial charge in [-0.05, 0) is 65.4 Å². The molecule has 2 aliphatic rings. The number of hydrogen-bond acceptors (Lipinski definition) is 1. The van der Waals surface area contributed by atoms with Crippen LogP contribution in [0.2, 0.25) is 10.0 Å². The van der Waals surface area contributed by atoms with E-state index in [2.05, 4.69) is 65.6 Å². The molecule has 28 heavy (non-hydrogen) atoms. The molecule has 0 radical (unpaired) electrons. The molecule has 3 aromatic rings. The van der Waals surface area contributed by atoms with Crippen molar-refractivity contribution in [3.05, 3.63) is 105 Å². The van der Waals surface area contributed by atoms with Gasteiger partial charge in [0.2, 0.25) is 0 Å². The van der Waals surface area contributed by atoms with Gasteiger partial charge in [0.05, 0.1) is 0 Å². The zero-order valence-electron chi connectivity index (χ0n) is 15.7. The summed E-state index contributed by atoms with van der Waals surface area (Å²) in [5.41, 5.74) is 5.64. The largest absolute Gasteiger partial charge is 0.298 e. The lowest BCUT2D eigenvalue weighted by Gasteiger charge is -2.37. The van der Waals surface area contributed by atoms with E-state index in [9.17, 15) is 0 Å². The number of rotatable bonds is 3. The molecule has 1 saturated heterocycles. The first-order chi connectivity index (χ1) is 13.7. The molecule has 3 heteroatoms. The van der Waals surface area contributed by atoms with Gasteiger partial charge in [-0.25, -0.2) is 0 Å². The first-order valence-corrected chi connectivity index (χ1v) is 10.8. The lowest BCUT2D eigenvalue weighted by atomic mass is 9.78. The van der Waals surface area contributed by atoms with Crippen LogP contribution in [-0.4, -0.2) is 18.0 Å². The van der Waals surface area contributed by atoms with Gasteiger partial charge in [-0.3, -0.25) is 4.90 Å². The lowest BCUT2D eigenvalue weighted by Crippen LogP contribution is -2.38. The Morgan fingerprint density at radius 1 is 0.821 bits per heavy atom. The molecular weight excluding hydrogens is 385 g/mol. The highest BCUT2D eigenvalue weighted by atomic mass is 35.5. The first kappa shape index (κ1) is 18.2. The predicted octanol–water partition coefficient (Wildman–Crippen LogP) is 6.74. The van der Waals surface area contributed by atoms with E-state index >= 15 is 0 Å². The van der Waals surface area contributed by atoms with E-state index in [1.54, 1.807) is 0 Å². The molecule has 3 atom stereocenters. The molecule has 0 saturated carbocycles. The molecule has 1 heterocycles. The molecule has 0 spiro atoms. The van der Waals surface area contributed by atoms with Gasteiger partial charge >= 0.3 is 0 Å².